The van der Waals surface area contributed by atoms with Crippen LogP contribution < -0.4 is 9.62 Å². The van der Waals surface area contributed by atoms with E-state index in [0.717, 1.165) is 11.1 Å². The molecule has 0 aromatic heterocycles. The summed E-state index contributed by atoms with van der Waals surface area (Å²) in [6.07, 6.45) is 0. The molecule has 0 bridgehead atoms. The summed E-state index contributed by atoms with van der Waals surface area (Å²) in [7, 11) is -2.30. The molecular weight excluding hydrogens is 403 g/mol. The minimum atomic E-state index is -3.76. The molecular formula is C23H23FN2O3S. The Morgan fingerprint density at radius 1 is 1.00 bits per heavy atom. The van der Waals surface area contributed by atoms with Crippen LogP contribution in [-0.2, 0) is 10.0 Å². The summed E-state index contributed by atoms with van der Waals surface area (Å²) in [5.41, 5.74) is 2.24. The number of anilines is 1. The summed E-state index contributed by atoms with van der Waals surface area (Å²) in [6, 6.07) is 18.6. The van der Waals surface area contributed by atoms with Gasteiger partial charge < -0.3 is 5.32 Å². The number of aryl methyl sites for hydroxylation is 1. The van der Waals surface area contributed by atoms with Crippen LogP contribution in [0.1, 0.15) is 34.5 Å². The van der Waals surface area contributed by atoms with E-state index in [2.05, 4.69) is 5.32 Å². The van der Waals surface area contributed by atoms with Gasteiger partial charge >= 0.3 is 0 Å². The van der Waals surface area contributed by atoms with Gasteiger partial charge in [-0.2, -0.15) is 0 Å². The van der Waals surface area contributed by atoms with E-state index in [1.807, 2.05) is 0 Å². The highest BCUT2D eigenvalue weighted by molar-refractivity contribution is 7.92. The quantitative estimate of drug-likeness (QED) is 0.633. The molecule has 3 rings (SSSR count). The minimum absolute atomic E-state index is 0.173. The monoisotopic (exact) mass is 426 g/mol. The highest BCUT2D eigenvalue weighted by Gasteiger charge is 2.23. The lowest BCUT2D eigenvalue weighted by Crippen LogP contribution is -2.29. The number of rotatable bonds is 6. The Labute approximate surface area is 176 Å². The van der Waals surface area contributed by atoms with Crippen LogP contribution in [0.3, 0.4) is 0 Å². The molecule has 5 nitrogen and oxygen atoms in total. The van der Waals surface area contributed by atoms with Crippen molar-refractivity contribution in [1.82, 2.24) is 5.32 Å². The normalized spacial score (nSPS) is 12.3. The van der Waals surface area contributed by atoms with Gasteiger partial charge in [-0.3, -0.25) is 9.10 Å². The van der Waals surface area contributed by atoms with Crippen LogP contribution in [0.25, 0.3) is 0 Å². The third-order valence-electron chi connectivity index (χ3n) is 4.93. The van der Waals surface area contributed by atoms with Gasteiger partial charge in [0.1, 0.15) is 5.82 Å². The Hall–Kier alpha value is -3.19. The Balaban J connectivity index is 1.85. The summed E-state index contributed by atoms with van der Waals surface area (Å²) >= 11 is 0. The maximum Gasteiger partial charge on any atom is 0.264 e. The lowest BCUT2D eigenvalue weighted by molar-refractivity contribution is 0.0940. The molecule has 7 heteroatoms. The van der Waals surface area contributed by atoms with Crippen LogP contribution in [0.4, 0.5) is 10.1 Å². The van der Waals surface area contributed by atoms with Gasteiger partial charge in [-0.05, 0) is 61.4 Å². The van der Waals surface area contributed by atoms with Crippen molar-refractivity contribution >= 4 is 21.6 Å². The number of halogens is 1. The van der Waals surface area contributed by atoms with E-state index in [0.29, 0.717) is 11.3 Å². The number of nitrogens with one attached hydrogen (secondary N) is 1. The first-order valence-electron chi connectivity index (χ1n) is 9.41. The number of carbonyl (C=O) groups is 1. The Morgan fingerprint density at radius 3 is 2.27 bits per heavy atom. The van der Waals surface area contributed by atoms with E-state index < -0.39 is 10.0 Å². The zero-order valence-electron chi connectivity index (χ0n) is 17.0. The summed E-state index contributed by atoms with van der Waals surface area (Å²) < 4.78 is 40.2. The van der Waals surface area contributed by atoms with Gasteiger partial charge in [0.05, 0.1) is 16.6 Å². The van der Waals surface area contributed by atoms with Crippen LogP contribution in [0.2, 0.25) is 0 Å². The maximum atomic E-state index is 13.1. The summed E-state index contributed by atoms with van der Waals surface area (Å²) in [6.45, 7) is 3.58. The molecule has 1 atom stereocenters. The topological polar surface area (TPSA) is 66.5 Å². The minimum Gasteiger partial charge on any atom is -0.346 e. The first-order valence-corrected chi connectivity index (χ1v) is 10.8. The fourth-order valence-electron chi connectivity index (χ4n) is 3.08. The molecule has 0 unspecified atom stereocenters. The van der Waals surface area contributed by atoms with Crippen LogP contribution >= 0.6 is 0 Å². The molecule has 0 aliphatic carbocycles. The Kier molecular flexibility index (Phi) is 6.22. The lowest BCUT2D eigenvalue weighted by Gasteiger charge is -2.22. The average molecular weight is 427 g/mol. The summed E-state index contributed by atoms with van der Waals surface area (Å²) in [4.78, 5) is 12.9. The van der Waals surface area contributed by atoms with Crippen LogP contribution in [0.5, 0.6) is 0 Å². The van der Waals surface area contributed by atoms with Crippen LogP contribution in [0, 0.1) is 12.7 Å². The number of hydrogen-bond donors (Lipinski definition) is 1. The van der Waals surface area contributed by atoms with E-state index in [4.69, 9.17) is 0 Å². The van der Waals surface area contributed by atoms with Crippen molar-refractivity contribution in [2.24, 2.45) is 0 Å². The molecule has 30 heavy (non-hydrogen) atoms. The third-order valence-corrected chi connectivity index (χ3v) is 6.72. The zero-order chi connectivity index (χ0) is 21.9. The fraction of sp³-hybridized carbons (Fsp3) is 0.174. The van der Waals surface area contributed by atoms with Gasteiger partial charge in [0.2, 0.25) is 0 Å². The number of sulfonamides is 1. The van der Waals surface area contributed by atoms with Crippen LogP contribution in [-0.4, -0.2) is 21.4 Å². The third kappa shape index (κ3) is 4.52. The van der Waals surface area contributed by atoms with Gasteiger partial charge in [-0.1, -0.05) is 36.4 Å². The van der Waals surface area contributed by atoms with E-state index in [1.54, 1.807) is 62.4 Å². The second kappa shape index (κ2) is 8.67. The predicted molar refractivity (Wildman–Crippen MR) is 115 cm³/mol. The largest absolute Gasteiger partial charge is 0.346 e. The highest BCUT2D eigenvalue weighted by Crippen LogP contribution is 2.27. The molecule has 156 valence electrons. The molecule has 0 heterocycles. The molecule has 0 aliphatic rings. The standard InChI is InChI=1S/C23H23FN2O3S/c1-16-9-10-19(23(27)25-17(2)18-11-13-20(24)14-12-18)15-22(16)26(3)30(28,29)21-7-5-4-6-8-21/h4-15,17H,1-3H3,(H,25,27)/t17-/m0/s1. The van der Waals surface area contributed by atoms with Crippen LogP contribution in [0.15, 0.2) is 77.7 Å². The fourth-order valence-corrected chi connectivity index (χ4v) is 4.36. The Bertz CT molecular complexity index is 1150. The lowest BCUT2D eigenvalue weighted by atomic mass is 10.1. The van der Waals surface area contributed by atoms with E-state index in [-0.39, 0.29) is 22.7 Å². The van der Waals surface area contributed by atoms with Crippen molar-refractivity contribution < 1.29 is 17.6 Å². The first kappa shape index (κ1) is 21.5. The molecule has 3 aromatic rings. The van der Waals surface area contributed by atoms with Gasteiger partial charge in [0.25, 0.3) is 15.9 Å². The average Bonchev–Trinajstić information content (AvgIpc) is 2.74. The molecule has 0 saturated heterocycles. The van der Waals surface area contributed by atoms with E-state index >= 15 is 0 Å². The van der Waals surface area contributed by atoms with Crippen molar-refractivity contribution in [2.75, 3.05) is 11.4 Å². The van der Waals surface area contributed by atoms with Crippen molar-refractivity contribution in [3.05, 3.63) is 95.3 Å². The molecule has 0 aliphatic heterocycles. The molecule has 0 saturated carbocycles. The van der Waals surface area contributed by atoms with Crippen molar-refractivity contribution in [1.29, 1.82) is 0 Å². The number of nitrogens with zero attached hydrogens (tertiary/aromatic N) is 1. The highest BCUT2D eigenvalue weighted by atomic mass is 32.2. The number of hydrogen-bond acceptors (Lipinski definition) is 3. The predicted octanol–water partition coefficient (Wildman–Crippen LogP) is 4.45. The SMILES string of the molecule is Cc1ccc(C(=O)N[C@@H](C)c2ccc(F)cc2)cc1N(C)S(=O)(=O)c1ccccc1. The number of carbonyl (C=O) groups excluding carboxylic acids is 1. The number of benzene rings is 3. The second-order valence-electron chi connectivity index (χ2n) is 7.03. The molecule has 0 spiro atoms. The second-order valence-corrected chi connectivity index (χ2v) is 9.00. The van der Waals surface area contributed by atoms with Crippen molar-refractivity contribution in [3.63, 3.8) is 0 Å². The first-order chi connectivity index (χ1) is 14.2. The van der Waals surface area contributed by atoms with Gasteiger partial charge in [-0.15, -0.1) is 0 Å². The Morgan fingerprint density at radius 2 is 1.63 bits per heavy atom. The maximum absolute atomic E-state index is 13.1. The number of amides is 1. The molecule has 1 N–H and O–H groups in total. The van der Waals surface area contributed by atoms with Gasteiger partial charge in [-0.25, -0.2) is 12.8 Å². The van der Waals surface area contributed by atoms with E-state index in [9.17, 15) is 17.6 Å². The zero-order valence-corrected chi connectivity index (χ0v) is 17.8. The molecule has 0 fully saturated rings. The molecule has 1 amide bonds. The molecule has 0 radical (unpaired) electrons. The molecule has 3 aromatic carbocycles. The summed E-state index contributed by atoms with van der Waals surface area (Å²) in [5.74, 6) is -0.693. The van der Waals surface area contributed by atoms with Crippen molar-refractivity contribution in [2.45, 2.75) is 24.8 Å². The van der Waals surface area contributed by atoms with Crippen molar-refractivity contribution in [3.8, 4) is 0 Å². The van der Waals surface area contributed by atoms with E-state index in [1.165, 1.54) is 35.6 Å². The van der Waals surface area contributed by atoms with Gasteiger partial charge in [0, 0.05) is 12.6 Å². The smallest absolute Gasteiger partial charge is 0.264 e. The summed E-state index contributed by atoms with van der Waals surface area (Å²) in [5, 5.41) is 2.86. The van der Waals surface area contributed by atoms with Gasteiger partial charge in [0.15, 0.2) is 0 Å².